The maximum Gasteiger partial charge on any atom is 0.265 e. The van der Waals surface area contributed by atoms with Gasteiger partial charge in [-0.15, -0.1) is 0 Å². The average Bonchev–Trinajstić information content (AvgIpc) is 2.35. The largest absolute Gasteiger partial charge is 0.508 e. The molecule has 1 amide bonds. The molecule has 5 nitrogen and oxygen atoms in total. The van der Waals surface area contributed by atoms with E-state index >= 15 is 0 Å². The lowest BCUT2D eigenvalue weighted by atomic mass is 10.1. The summed E-state index contributed by atoms with van der Waals surface area (Å²) < 4.78 is 0. The number of phenolic OH excluding ortho intramolecular Hbond substituents is 1. The Morgan fingerprint density at radius 2 is 1.94 bits per heavy atom. The number of carbonyl (C=O) groups excluding carboxylic acids is 1. The second-order valence-corrected chi connectivity index (χ2v) is 4.73. The van der Waals surface area contributed by atoms with Crippen LogP contribution in [0.2, 0.25) is 0 Å². The summed E-state index contributed by atoms with van der Waals surface area (Å²) in [5.41, 5.74) is 4.11. The summed E-state index contributed by atoms with van der Waals surface area (Å²) in [5.74, 6) is -0.0177. The van der Waals surface area contributed by atoms with E-state index < -0.39 is 0 Å². The van der Waals surface area contributed by atoms with Gasteiger partial charge >= 0.3 is 0 Å². The highest BCUT2D eigenvalue weighted by molar-refractivity contribution is 5.94. The lowest BCUT2D eigenvalue weighted by Crippen LogP contribution is -2.52. The van der Waals surface area contributed by atoms with Gasteiger partial charge in [0.25, 0.3) is 5.91 Å². The molecular formula is C13H19N3O2. The van der Waals surface area contributed by atoms with Gasteiger partial charge in [-0.2, -0.15) is 0 Å². The third kappa shape index (κ3) is 3.00. The van der Waals surface area contributed by atoms with Gasteiger partial charge in [-0.25, -0.2) is 5.01 Å². The Hall–Kier alpha value is -1.59. The summed E-state index contributed by atoms with van der Waals surface area (Å²) in [6, 6.07) is 4.97. The van der Waals surface area contributed by atoms with Crippen molar-refractivity contribution in [3.63, 3.8) is 0 Å². The first kappa shape index (κ1) is 12.9. The van der Waals surface area contributed by atoms with Gasteiger partial charge in [0.15, 0.2) is 0 Å². The van der Waals surface area contributed by atoms with Crippen LogP contribution in [0.15, 0.2) is 18.2 Å². The molecule has 0 saturated carbocycles. The number of carbonyl (C=O) groups is 1. The number of hydrazine groups is 1. The Morgan fingerprint density at radius 1 is 1.28 bits per heavy atom. The van der Waals surface area contributed by atoms with Crippen molar-refractivity contribution in [3.05, 3.63) is 29.3 Å². The first-order valence-electron chi connectivity index (χ1n) is 6.10. The molecule has 1 aliphatic rings. The molecule has 5 heteroatoms. The highest BCUT2D eigenvalue weighted by atomic mass is 16.3. The van der Waals surface area contributed by atoms with E-state index in [-0.39, 0.29) is 11.7 Å². The zero-order valence-corrected chi connectivity index (χ0v) is 10.8. The minimum atomic E-state index is -0.171. The molecule has 0 spiro atoms. The summed E-state index contributed by atoms with van der Waals surface area (Å²) in [7, 11) is 2.07. The summed E-state index contributed by atoms with van der Waals surface area (Å²) in [6.45, 7) is 5.33. The summed E-state index contributed by atoms with van der Waals surface area (Å²) >= 11 is 0. The molecule has 1 aliphatic heterocycles. The third-order valence-corrected chi connectivity index (χ3v) is 3.23. The van der Waals surface area contributed by atoms with Gasteiger partial charge in [-0.3, -0.25) is 10.2 Å². The van der Waals surface area contributed by atoms with Crippen LogP contribution in [-0.2, 0) is 0 Å². The smallest absolute Gasteiger partial charge is 0.265 e. The number of hydrogen-bond acceptors (Lipinski definition) is 4. The van der Waals surface area contributed by atoms with Crippen molar-refractivity contribution in [1.29, 1.82) is 0 Å². The Labute approximate surface area is 107 Å². The van der Waals surface area contributed by atoms with E-state index in [1.54, 1.807) is 19.1 Å². The third-order valence-electron chi connectivity index (χ3n) is 3.23. The molecular weight excluding hydrogens is 230 g/mol. The maximum absolute atomic E-state index is 12.0. The number of aromatic hydroxyl groups is 1. The average molecular weight is 249 g/mol. The number of nitrogens with one attached hydrogen (secondary N) is 1. The van der Waals surface area contributed by atoms with Gasteiger partial charge in [0, 0.05) is 31.7 Å². The summed E-state index contributed by atoms with van der Waals surface area (Å²) in [6.07, 6.45) is 0. The van der Waals surface area contributed by atoms with Gasteiger partial charge in [0.05, 0.1) is 0 Å². The first-order valence-corrected chi connectivity index (χ1v) is 6.10. The number of likely N-dealkylation sites (N-methyl/N-ethyl adjacent to an activating group) is 1. The number of benzene rings is 1. The van der Waals surface area contributed by atoms with Crippen LogP contribution in [0.3, 0.4) is 0 Å². The van der Waals surface area contributed by atoms with E-state index in [1.807, 2.05) is 5.01 Å². The van der Waals surface area contributed by atoms with E-state index in [4.69, 9.17) is 0 Å². The molecule has 18 heavy (non-hydrogen) atoms. The zero-order valence-electron chi connectivity index (χ0n) is 10.8. The molecule has 1 aromatic rings. The quantitative estimate of drug-likeness (QED) is 0.805. The van der Waals surface area contributed by atoms with Gasteiger partial charge in [-0.05, 0) is 31.7 Å². The van der Waals surface area contributed by atoms with E-state index in [9.17, 15) is 9.90 Å². The number of rotatable bonds is 2. The fourth-order valence-electron chi connectivity index (χ4n) is 1.88. The number of hydrogen-bond donors (Lipinski definition) is 2. The molecule has 2 rings (SSSR count). The number of aryl methyl sites for hydroxylation is 1. The van der Waals surface area contributed by atoms with Gasteiger partial charge < -0.3 is 10.0 Å². The van der Waals surface area contributed by atoms with Crippen molar-refractivity contribution < 1.29 is 9.90 Å². The Bertz CT molecular complexity index is 440. The Kier molecular flexibility index (Phi) is 3.84. The van der Waals surface area contributed by atoms with Crippen LogP contribution in [0.4, 0.5) is 0 Å². The van der Waals surface area contributed by atoms with Crippen LogP contribution in [-0.4, -0.2) is 54.1 Å². The predicted octanol–water partition coefficient (Wildman–Crippen LogP) is 0.593. The molecule has 0 aromatic heterocycles. The van der Waals surface area contributed by atoms with Crippen LogP contribution in [0.5, 0.6) is 5.75 Å². The normalized spacial score (nSPS) is 17.7. The topological polar surface area (TPSA) is 55.8 Å². The minimum Gasteiger partial charge on any atom is -0.508 e. The van der Waals surface area contributed by atoms with Crippen LogP contribution in [0, 0.1) is 6.92 Å². The van der Waals surface area contributed by atoms with Crippen LogP contribution in [0.1, 0.15) is 15.9 Å². The molecule has 98 valence electrons. The van der Waals surface area contributed by atoms with Crippen molar-refractivity contribution in [2.24, 2.45) is 0 Å². The van der Waals surface area contributed by atoms with E-state index in [2.05, 4.69) is 17.4 Å². The van der Waals surface area contributed by atoms with Gasteiger partial charge in [0.2, 0.25) is 0 Å². The molecule has 2 N–H and O–H groups in total. The number of nitrogens with zero attached hydrogens (tertiary/aromatic N) is 2. The molecule has 1 fully saturated rings. The molecule has 0 aliphatic carbocycles. The Morgan fingerprint density at radius 3 is 2.56 bits per heavy atom. The lowest BCUT2D eigenvalue weighted by molar-refractivity contribution is 0.0662. The fraction of sp³-hybridized carbons (Fsp3) is 0.462. The Balaban J connectivity index is 1.97. The SMILES string of the molecule is Cc1ccc(C(=O)NN2CCN(C)CC2)cc1O. The fourth-order valence-corrected chi connectivity index (χ4v) is 1.88. The summed E-state index contributed by atoms with van der Waals surface area (Å²) in [4.78, 5) is 14.2. The van der Waals surface area contributed by atoms with Crippen molar-refractivity contribution in [2.75, 3.05) is 33.2 Å². The lowest BCUT2D eigenvalue weighted by Gasteiger charge is -2.32. The monoisotopic (exact) mass is 249 g/mol. The van der Waals surface area contributed by atoms with Crippen molar-refractivity contribution in [3.8, 4) is 5.75 Å². The first-order chi connectivity index (χ1) is 8.56. The molecule has 0 radical (unpaired) electrons. The van der Waals surface area contributed by atoms with Gasteiger partial charge in [-0.1, -0.05) is 6.07 Å². The second-order valence-electron chi connectivity index (χ2n) is 4.73. The second kappa shape index (κ2) is 5.37. The minimum absolute atomic E-state index is 0.154. The molecule has 1 heterocycles. The maximum atomic E-state index is 12.0. The van der Waals surface area contributed by atoms with E-state index in [1.165, 1.54) is 6.07 Å². The number of piperazine rings is 1. The molecule has 0 unspecified atom stereocenters. The zero-order chi connectivity index (χ0) is 13.1. The van der Waals surface area contributed by atoms with Gasteiger partial charge in [0.1, 0.15) is 5.75 Å². The highest BCUT2D eigenvalue weighted by Crippen LogP contribution is 2.17. The van der Waals surface area contributed by atoms with Crippen molar-refractivity contribution >= 4 is 5.91 Å². The summed E-state index contributed by atoms with van der Waals surface area (Å²) in [5, 5.41) is 11.5. The van der Waals surface area contributed by atoms with Crippen molar-refractivity contribution in [2.45, 2.75) is 6.92 Å². The van der Waals surface area contributed by atoms with E-state index in [0.29, 0.717) is 5.56 Å². The molecule has 1 aromatic carbocycles. The van der Waals surface area contributed by atoms with E-state index in [0.717, 1.165) is 31.7 Å². The van der Waals surface area contributed by atoms with Crippen LogP contribution < -0.4 is 5.43 Å². The molecule has 1 saturated heterocycles. The van der Waals surface area contributed by atoms with Crippen molar-refractivity contribution in [1.82, 2.24) is 15.3 Å². The predicted molar refractivity (Wildman–Crippen MR) is 69.4 cm³/mol. The number of phenols is 1. The number of amides is 1. The molecule has 0 bridgehead atoms. The molecule has 0 atom stereocenters. The highest BCUT2D eigenvalue weighted by Gasteiger charge is 2.16. The van der Waals surface area contributed by atoms with Crippen LogP contribution >= 0.6 is 0 Å². The standard InChI is InChI=1S/C13H19N3O2/c1-10-3-4-11(9-12(10)17)13(18)14-16-7-5-15(2)6-8-16/h3-4,9,17H,5-8H2,1-2H3,(H,14,18). The van der Waals surface area contributed by atoms with Crippen LogP contribution in [0.25, 0.3) is 0 Å².